The molecule has 0 aromatic heterocycles. The van der Waals surface area contributed by atoms with Crippen LogP contribution < -0.4 is 4.72 Å². The second-order valence-electron chi connectivity index (χ2n) is 3.75. The minimum atomic E-state index is -3.90. The molecule has 2 atom stereocenters. The fourth-order valence-electron chi connectivity index (χ4n) is 1.11. The van der Waals surface area contributed by atoms with Crippen LogP contribution in [0.3, 0.4) is 0 Å². The van der Waals surface area contributed by atoms with E-state index in [1.807, 2.05) is 4.72 Å². The first-order valence-electron chi connectivity index (χ1n) is 4.89. The van der Waals surface area contributed by atoms with Gasteiger partial charge in [-0.1, -0.05) is 20.8 Å². The third kappa shape index (κ3) is 3.79. The van der Waals surface area contributed by atoms with Gasteiger partial charge in [0.15, 0.2) is 5.25 Å². The molecule has 0 spiro atoms. The summed E-state index contributed by atoms with van der Waals surface area (Å²) in [7, 11) is -3.90. The topological polar surface area (TPSA) is 107 Å². The van der Waals surface area contributed by atoms with E-state index in [1.165, 1.54) is 0 Å². The van der Waals surface area contributed by atoms with Gasteiger partial charge in [-0.05, 0) is 12.3 Å². The smallest absolute Gasteiger partial charge is 0.321 e. The van der Waals surface area contributed by atoms with Crippen molar-refractivity contribution in [2.24, 2.45) is 5.92 Å². The Morgan fingerprint density at radius 3 is 2.25 bits per heavy atom. The molecule has 0 aliphatic carbocycles. The van der Waals surface area contributed by atoms with Crippen LogP contribution >= 0.6 is 0 Å². The van der Waals surface area contributed by atoms with Crippen molar-refractivity contribution in [3.05, 3.63) is 0 Å². The van der Waals surface area contributed by atoms with Crippen molar-refractivity contribution in [1.29, 1.82) is 5.26 Å². The molecule has 0 saturated heterocycles. The van der Waals surface area contributed by atoms with Gasteiger partial charge in [-0.25, -0.2) is 8.42 Å². The summed E-state index contributed by atoms with van der Waals surface area (Å²) in [6.07, 6.45) is 0.121. The number of hydrogen-bond acceptors (Lipinski definition) is 4. The predicted molar refractivity (Wildman–Crippen MR) is 58.0 cm³/mol. The Morgan fingerprint density at radius 1 is 1.50 bits per heavy atom. The van der Waals surface area contributed by atoms with E-state index < -0.39 is 27.3 Å². The van der Waals surface area contributed by atoms with Crippen molar-refractivity contribution in [3.8, 4) is 6.07 Å². The number of rotatable bonds is 6. The summed E-state index contributed by atoms with van der Waals surface area (Å²) in [5, 5.41) is 16.2. The standard InChI is InChI=1S/C9H16N2O4S/c1-4-7(5-10)16(14,15)11-8(6(2)3)9(12)13/h6-8,11H,4H2,1-3H3,(H,12,13)/t7?,8-/m0/s1. The second-order valence-corrected chi connectivity index (χ2v) is 5.64. The predicted octanol–water partition coefficient (Wildman–Crippen LogP) is 0.317. The summed E-state index contributed by atoms with van der Waals surface area (Å²) in [5.41, 5.74) is 0. The van der Waals surface area contributed by atoms with Crippen LogP contribution in [0.2, 0.25) is 0 Å². The Kier molecular flexibility index (Phi) is 5.41. The third-order valence-electron chi connectivity index (χ3n) is 2.11. The van der Waals surface area contributed by atoms with Gasteiger partial charge in [-0.15, -0.1) is 0 Å². The number of nitrogens with one attached hydrogen (secondary N) is 1. The zero-order chi connectivity index (χ0) is 12.9. The molecule has 16 heavy (non-hydrogen) atoms. The number of carboxylic acids is 1. The van der Waals surface area contributed by atoms with Gasteiger partial charge in [0.2, 0.25) is 10.0 Å². The van der Waals surface area contributed by atoms with Gasteiger partial charge in [-0.3, -0.25) is 4.79 Å². The van der Waals surface area contributed by atoms with E-state index in [-0.39, 0.29) is 12.3 Å². The van der Waals surface area contributed by atoms with E-state index in [9.17, 15) is 13.2 Å². The Morgan fingerprint density at radius 2 is 2.00 bits per heavy atom. The fourth-order valence-corrected chi connectivity index (χ4v) is 2.58. The largest absolute Gasteiger partial charge is 0.480 e. The van der Waals surface area contributed by atoms with Crippen LogP contribution in [-0.2, 0) is 14.8 Å². The third-order valence-corrected chi connectivity index (χ3v) is 3.88. The molecule has 0 aromatic carbocycles. The number of hydrogen-bond donors (Lipinski definition) is 2. The number of aliphatic carboxylic acids is 1. The summed E-state index contributed by atoms with van der Waals surface area (Å²) < 4.78 is 25.3. The van der Waals surface area contributed by atoms with Gasteiger partial charge in [0.25, 0.3) is 0 Å². The monoisotopic (exact) mass is 248 g/mol. The quantitative estimate of drug-likeness (QED) is 0.703. The van der Waals surface area contributed by atoms with Gasteiger partial charge >= 0.3 is 5.97 Å². The minimum Gasteiger partial charge on any atom is -0.480 e. The summed E-state index contributed by atoms with van der Waals surface area (Å²) in [4.78, 5) is 10.8. The average molecular weight is 248 g/mol. The molecule has 0 aromatic rings. The van der Waals surface area contributed by atoms with E-state index in [2.05, 4.69) is 0 Å². The highest BCUT2D eigenvalue weighted by Crippen LogP contribution is 2.08. The molecule has 1 unspecified atom stereocenters. The summed E-state index contributed by atoms with van der Waals surface area (Å²) >= 11 is 0. The van der Waals surface area contributed by atoms with E-state index in [4.69, 9.17) is 10.4 Å². The molecule has 0 radical (unpaired) electrons. The lowest BCUT2D eigenvalue weighted by molar-refractivity contribution is -0.140. The molecule has 0 bridgehead atoms. The van der Waals surface area contributed by atoms with Crippen molar-refractivity contribution >= 4 is 16.0 Å². The number of sulfonamides is 1. The molecule has 92 valence electrons. The van der Waals surface area contributed by atoms with Crippen molar-refractivity contribution in [3.63, 3.8) is 0 Å². The minimum absolute atomic E-state index is 0.121. The van der Waals surface area contributed by atoms with Crippen LogP contribution in [0.25, 0.3) is 0 Å². The van der Waals surface area contributed by atoms with E-state index in [0.29, 0.717) is 0 Å². The maximum atomic E-state index is 11.6. The molecule has 0 aliphatic rings. The number of nitrogens with zero attached hydrogens (tertiary/aromatic N) is 1. The Labute approximate surface area is 95.3 Å². The molecule has 0 saturated carbocycles. The number of carboxylic acid groups (broad SMARTS) is 1. The molecule has 0 rings (SSSR count). The first kappa shape index (κ1) is 14.9. The lowest BCUT2D eigenvalue weighted by atomic mass is 10.1. The summed E-state index contributed by atoms with van der Waals surface area (Å²) in [6.45, 7) is 4.74. The second kappa shape index (κ2) is 5.82. The average Bonchev–Trinajstić information content (AvgIpc) is 2.14. The van der Waals surface area contributed by atoms with Crippen LogP contribution in [0.1, 0.15) is 27.2 Å². The van der Waals surface area contributed by atoms with Gasteiger partial charge in [0, 0.05) is 0 Å². The van der Waals surface area contributed by atoms with Crippen LogP contribution in [0, 0.1) is 17.2 Å². The molecular formula is C9H16N2O4S. The molecule has 7 heteroatoms. The SMILES string of the molecule is CCC(C#N)S(=O)(=O)N[C@H](C(=O)O)C(C)C. The number of carbonyl (C=O) groups is 1. The summed E-state index contributed by atoms with van der Waals surface area (Å²) in [5.74, 6) is -1.63. The molecule has 0 heterocycles. The molecule has 6 nitrogen and oxygen atoms in total. The Balaban J connectivity index is 4.95. The first-order chi connectivity index (χ1) is 7.26. The fraction of sp³-hybridized carbons (Fsp3) is 0.778. The van der Waals surface area contributed by atoms with E-state index in [0.717, 1.165) is 0 Å². The summed E-state index contributed by atoms with van der Waals surface area (Å²) in [6, 6.07) is 0.430. The van der Waals surface area contributed by atoms with Crippen LogP contribution in [0.5, 0.6) is 0 Å². The Bertz CT molecular complexity index is 383. The Hall–Kier alpha value is -1.13. The van der Waals surface area contributed by atoms with Gasteiger partial charge in [0.05, 0.1) is 6.07 Å². The molecule has 2 N–H and O–H groups in total. The van der Waals surface area contributed by atoms with Crippen LogP contribution in [0.4, 0.5) is 0 Å². The first-order valence-corrected chi connectivity index (χ1v) is 6.44. The highest BCUT2D eigenvalue weighted by molar-refractivity contribution is 7.90. The van der Waals surface area contributed by atoms with Gasteiger partial charge in [-0.2, -0.15) is 9.98 Å². The maximum absolute atomic E-state index is 11.6. The zero-order valence-corrected chi connectivity index (χ0v) is 10.3. The lowest BCUT2D eigenvalue weighted by Gasteiger charge is -2.19. The highest BCUT2D eigenvalue weighted by Gasteiger charge is 2.31. The van der Waals surface area contributed by atoms with Crippen LogP contribution in [-0.4, -0.2) is 30.8 Å². The van der Waals surface area contributed by atoms with Crippen LogP contribution in [0.15, 0.2) is 0 Å². The maximum Gasteiger partial charge on any atom is 0.321 e. The van der Waals surface area contributed by atoms with E-state index >= 15 is 0 Å². The van der Waals surface area contributed by atoms with E-state index in [1.54, 1.807) is 26.8 Å². The zero-order valence-electron chi connectivity index (χ0n) is 9.47. The number of nitriles is 1. The van der Waals surface area contributed by atoms with Crippen molar-refractivity contribution in [2.75, 3.05) is 0 Å². The molecular weight excluding hydrogens is 232 g/mol. The normalized spacial score (nSPS) is 15.4. The molecule has 0 aliphatic heterocycles. The molecule has 0 fully saturated rings. The van der Waals surface area contributed by atoms with Gasteiger partial charge in [0.1, 0.15) is 6.04 Å². The van der Waals surface area contributed by atoms with Crippen molar-refractivity contribution in [2.45, 2.75) is 38.5 Å². The van der Waals surface area contributed by atoms with Crippen molar-refractivity contribution < 1.29 is 18.3 Å². The lowest BCUT2D eigenvalue weighted by Crippen LogP contribution is -2.47. The van der Waals surface area contributed by atoms with Gasteiger partial charge < -0.3 is 5.11 Å². The molecule has 0 amide bonds. The highest BCUT2D eigenvalue weighted by atomic mass is 32.2. The van der Waals surface area contributed by atoms with Crippen molar-refractivity contribution in [1.82, 2.24) is 4.72 Å².